The standard InChI is InChI=1S/C16H16N2O3/c1-20-15-7-6-13(10-12(15)4-2-8-17)16(19)18-11-14-5-3-9-21-14/h3,5-7,9-10H,8,11,17H2,1H3,(H,18,19). The van der Waals surface area contributed by atoms with Crippen molar-refractivity contribution in [3.63, 3.8) is 0 Å². The highest BCUT2D eigenvalue weighted by Gasteiger charge is 2.09. The number of carbonyl (C=O) groups is 1. The van der Waals surface area contributed by atoms with Gasteiger partial charge in [0.25, 0.3) is 5.91 Å². The molecule has 0 radical (unpaired) electrons. The minimum Gasteiger partial charge on any atom is -0.495 e. The van der Waals surface area contributed by atoms with Crippen molar-refractivity contribution in [3.05, 3.63) is 53.5 Å². The molecule has 5 heteroatoms. The number of ether oxygens (including phenoxy) is 1. The monoisotopic (exact) mass is 284 g/mol. The van der Waals surface area contributed by atoms with E-state index in [1.54, 1.807) is 43.7 Å². The maximum absolute atomic E-state index is 12.1. The molecule has 1 amide bonds. The molecule has 0 fully saturated rings. The van der Waals surface area contributed by atoms with Gasteiger partial charge in [0.2, 0.25) is 0 Å². The van der Waals surface area contributed by atoms with E-state index in [1.165, 1.54) is 0 Å². The van der Waals surface area contributed by atoms with Gasteiger partial charge in [0.05, 0.1) is 32.0 Å². The van der Waals surface area contributed by atoms with E-state index in [0.29, 0.717) is 29.2 Å². The van der Waals surface area contributed by atoms with Gasteiger partial charge in [-0.25, -0.2) is 0 Å². The van der Waals surface area contributed by atoms with Crippen molar-refractivity contribution in [2.75, 3.05) is 13.7 Å². The molecule has 0 aliphatic heterocycles. The first kappa shape index (κ1) is 14.7. The minimum atomic E-state index is -0.204. The van der Waals surface area contributed by atoms with Crippen molar-refractivity contribution >= 4 is 5.91 Å². The quantitative estimate of drug-likeness (QED) is 0.835. The van der Waals surface area contributed by atoms with Crippen LogP contribution in [0.25, 0.3) is 0 Å². The van der Waals surface area contributed by atoms with E-state index in [4.69, 9.17) is 14.9 Å². The molecule has 2 rings (SSSR count). The summed E-state index contributed by atoms with van der Waals surface area (Å²) in [5.74, 6) is 6.74. The van der Waals surface area contributed by atoms with Gasteiger partial charge in [-0.3, -0.25) is 4.79 Å². The topological polar surface area (TPSA) is 77.5 Å². The van der Waals surface area contributed by atoms with Crippen LogP contribution in [-0.2, 0) is 6.54 Å². The first-order chi connectivity index (χ1) is 10.2. The molecule has 0 spiro atoms. The molecular weight excluding hydrogens is 268 g/mol. The molecule has 21 heavy (non-hydrogen) atoms. The molecule has 2 aromatic rings. The van der Waals surface area contributed by atoms with Gasteiger partial charge >= 0.3 is 0 Å². The van der Waals surface area contributed by atoms with Crippen LogP contribution in [0.1, 0.15) is 21.7 Å². The second kappa shape index (κ2) is 7.17. The van der Waals surface area contributed by atoms with E-state index >= 15 is 0 Å². The van der Waals surface area contributed by atoms with Crippen molar-refractivity contribution < 1.29 is 13.9 Å². The first-order valence-electron chi connectivity index (χ1n) is 6.42. The Labute approximate surface area is 123 Å². The van der Waals surface area contributed by atoms with Crippen molar-refractivity contribution in [1.82, 2.24) is 5.32 Å². The summed E-state index contributed by atoms with van der Waals surface area (Å²) in [6, 6.07) is 8.65. The molecule has 0 unspecified atom stereocenters. The average molecular weight is 284 g/mol. The molecule has 0 atom stereocenters. The predicted molar refractivity (Wildman–Crippen MR) is 78.8 cm³/mol. The van der Waals surface area contributed by atoms with E-state index in [2.05, 4.69) is 17.2 Å². The molecule has 0 aliphatic carbocycles. The molecule has 1 aromatic carbocycles. The zero-order valence-electron chi connectivity index (χ0n) is 11.7. The van der Waals surface area contributed by atoms with Gasteiger partial charge in [0.15, 0.2) is 0 Å². The second-order valence-electron chi connectivity index (χ2n) is 4.18. The third-order valence-electron chi connectivity index (χ3n) is 2.79. The van der Waals surface area contributed by atoms with Crippen LogP contribution in [-0.4, -0.2) is 19.6 Å². The summed E-state index contributed by atoms with van der Waals surface area (Å²) in [5, 5.41) is 2.78. The van der Waals surface area contributed by atoms with E-state index in [0.717, 1.165) is 0 Å². The van der Waals surface area contributed by atoms with Crippen LogP contribution >= 0.6 is 0 Å². The normalized spacial score (nSPS) is 9.62. The Balaban J connectivity index is 2.13. The maximum atomic E-state index is 12.1. The van der Waals surface area contributed by atoms with Crippen molar-refractivity contribution in [1.29, 1.82) is 0 Å². The summed E-state index contributed by atoms with van der Waals surface area (Å²) in [4.78, 5) is 12.1. The summed E-state index contributed by atoms with van der Waals surface area (Å²) in [6.07, 6.45) is 1.56. The van der Waals surface area contributed by atoms with Crippen LogP contribution < -0.4 is 15.8 Å². The number of nitrogens with one attached hydrogen (secondary N) is 1. The Morgan fingerprint density at radius 1 is 1.43 bits per heavy atom. The molecule has 0 aliphatic rings. The summed E-state index contributed by atoms with van der Waals surface area (Å²) < 4.78 is 10.4. The molecule has 5 nitrogen and oxygen atoms in total. The van der Waals surface area contributed by atoms with Crippen molar-refractivity contribution in [2.45, 2.75) is 6.54 Å². The minimum absolute atomic E-state index is 0.204. The van der Waals surface area contributed by atoms with Gasteiger partial charge in [0.1, 0.15) is 11.5 Å². The maximum Gasteiger partial charge on any atom is 0.251 e. The smallest absolute Gasteiger partial charge is 0.251 e. The summed E-state index contributed by atoms with van der Waals surface area (Å²) in [6.45, 7) is 0.583. The molecule has 0 saturated carbocycles. The van der Waals surface area contributed by atoms with Gasteiger partial charge in [0, 0.05) is 5.56 Å². The van der Waals surface area contributed by atoms with E-state index in [9.17, 15) is 4.79 Å². The Kier molecular flexibility index (Phi) is 5.02. The lowest BCUT2D eigenvalue weighted by molar-refractivity contribution is 0.0948. The number of rotatable bonds is 4. The van der Waals surface area contributed by atoms with Crippen molar-refractivity contribution in [3.8, 4) is 17.6 Å². The largest absolute Gasteiger partial charge is 0.495 e. The number of furan rings is 1. The fraction of sp³-hybridized carbons (Fsp3) is 0.188. The van der Waals surface area contributed by atoms with Crippen LogP contribution in [0.3, 0.4) is 0 Å². The number of hydrogen-bond donors (Lipinski definition) is 2. The number of benzene rings is 1. The number of amides is 1. The zero-order valence-corrected chi connectivity index (χ0v) is 11.7. The average Bonchev–Trinajstić information content (AvgIpc) is 3.03. The second-order valence-corrected chi connectivity index (χ2v) is 4.18. The number of hydrogen-bond acceptors (Lipinski definition) is 4. The fourth-order valence-corrected chi connectivity index (χ4v) is 1.78. The summed E-state index contributed by atoms with van der Waals surface area (Å²) >= 11 is 0. The van der Waals surface area contributed by atoms with Gasteiger partial charge in [-0.1, -0.05) is 11.8 Å². The van der Waals surface area contributed by atoms with E-state index in [-0.39, 0.29) is 12.5 Å². The number of nitrogens with two attached hydrogens (primary N) is 1. The Hall–Kier alpha value is -2.71. The van der Waals surface area contributed by atoms with Gasteiger partial charge < -0.3 is 20.2 Å². The Morgan fingerprint density at radius 3 is 2.95 bits per heavy atom. The van der Waals surface area contributed by atoms with E-state index < -0.39 is 0 Å². The molecule has 3 N–H and O–H groups in total. The molecule has 0 saturated heterocycles. The lowest BCUT2D eigenvalue weighted by atomic mass is 10.1. The van der Waals surface area contributed by atoms with Gasteiger partial charge in [-0.2, -0.15) is 0 Å². The Bertz CT molecular complexity index is 667. The van der Waals surface area contributed by atoms with Crippen LogP contribution in [0.4, 0.5) is 0 Å². The lowest BCUT2D eigenvalue weighted by Crippen LogP contribution is -2.22. The third kappa shape index (κ3) is 3.88. The highest BCUT2D eigenvalue weighted by molar-refractivity contribution is 5.94. The van der Waals surface area contributed by atoms with Crippen LogP contribution in [0.15, 0.2) is 41.0 Å². The number of methoxy groups -OCH3 is 1. The van der Waals surface area contributed by atoms with Crippen LogP contribution in [0.2, 0.25) is 0 Å². The highest BCUT2D eigenvalue weighted by atomic mass is 16.5. The van der Waals surface area contributed by atoms with E-state index in [1.807, 2.05) is 0 Å². The van der Waals surface area contributed by atoms with Crippen molar-refractivity contribution in [2.24, 2.45) is 5.73 Å². The number of carbonyl (C=O) groups excluding carboxylic acids is 1. The Morgan fingerprint density at radius 2 is 2.29 bits per heavy atom. The molecule has 0 bridgehead atoms. The zero-order chi connectivity index (χ0) is 15.1. The molecule has 1 aromatic heterocycles. The van der Waals surface area contributed by atoms with Crippen LogP contribution in [0, 0.1) is 11.8 Å². The first-order valence-corrected chi connectivity index (χ1v) is 6.42. The van der Waals surface area contributed by atoms with Gasteiger partial charge in [-0.15, -0.1) is 0 Å². The molecular formula is C16H16N2O3. The lowest BCUT2D eigenvalue weighted by Gasteiger charge is -2.07. The molecule has 1 heterocycles. The predicted octanol–water partition coefficient (Wildman–Crippen LogP) is 1.53. The summed E-state index contributed by atoms with van der Waals surface area (Å²) in [5.41, 5.74) is 6.50. The third-order valence-corrected chi connectivity index (χ3v) is 2.79. The fourth-order valence-electron chi connectivity index (χ4n) is 1.78. The highest BCUT2D eigenvalue weighted by Crippen LogP contribution is 2.19. The summed E-state index contributed by atoms with van der Waals surface area (Å²) in [7, 11) is 1.56. The SMILES string of the molecule is COc1ccc(C(=O)NCc2ccco2)cc1C#CCN. The van der Waals surface area contributed by atoms with Gasteiger partial charge in [-0.05, 0) is 30.3 Å². The van der Waals surface area contributed by atoms with Crippen LogP contribution in [0.5, 0.6) is 5.75 Å². The molecule has 108 valence electrons.